The lowest BCUT2D eigenvalue weighted by Crippen LogP contribution is -2.17. The number of unbranched alkanes of at least 4 members (excludes halogenated alkanes) is 3. The molecule has 0 saturated carbocycles. The van der Waals surface area contributed by atoms with Crippen molar-refractivity contribution in [2.24, 2.45) is 0 Å². The molecule has 0 radical (unpaired) electrons. The van der Waals surface area contributed by atoms with Crippen molar-refractivity contribution in [3.63, 3.8) is 0 Å². The number of hydrogen-bond donors (Lipinski definition) is 1. The zero-order valence-electron chi connectivity index (χ0n) is 18.9. The maximum atomic E-state index is 5.63. The topological polar surface area (TPSA) is 76.6 Å². The third-order valence-electron chi connectivity index (χ3n) is 3.90. The van der Waals surface area contributed by atoms with Crippen LogP contribution in [-0.2, 0) is 33.2 Å². The Labute approximate surface area is 188 Å². The standard InChI is InChI=1S/C21H44ClNO7/c1-23-7-9-25-11-13-27-15-17-29-19-21-30-20-18-28-16-14-26-12-10-24-8-5-3-2-4-6-22/h23H,2-21H2,1H3. The van der Waals surface area contributed by atoms with Gasteiger partial charge in [0.15, 0.2) is 0 Å². The van der Waals surface area contributed by atoms with Gasteiger partial charge in [-0.15, -0.1) is 11.6 Å². The van der Waals surface area contributed by atoms with Gasteiger partial charge in [0.1, 0.15) is 0 Å². The molecule has 0 amide bonds. The molecule has 0 aromatic rings. The fourth-order valence-corrected chi connectivity index (χ4v) is 2.44. The number of alkyl halides is 1. The van der Waals surface area contributed by atoms with Gasteiger partial charge in [0.25, 0.3) is 0 Å². The predicted molar refractivity (Wildman–Crippen MR) is 119 cm³/mol. The minimum atomic E-state index is 0.552. The molecule has 8 nitrogen and oxygen atoms in total. The molecule has 0 aromatic heterocycles. The Morgan fingerprint density at radius 3 is 1.13 bits per heavy atom. The van der Waals surface area contributed by atoms with E-state index in [-0.39, 0.29) is 0 Å². The largest absolute Gasteiger partial charge is 0.379 e. The highest BCUT2D eigenvalue weighted by Gasteiger charge is 1.95. The van der Waals surface area contributed by atoms with Crippen molar-refractivity contribution in [1.82, 2.24) is 5.32 Å². The number of halogens is 1. The molecule has 0 aliphatic rings. The molecule has 182 valence electrons. The number of rotatable bonds is 27. The molecule has 9 heteroatoms. The van der Waals surface area contributed by atoms with E-state index in [9.17, 15) is 0 Å². The Kier molecular flexibility index (Phi) is 28.9. The highest BCUT2D eigenvalue weighted by atomic mass is 35.5. The van der Waals surface area contributed by atoms with E-state index in [2.05, 4.69) is 5.32 Å². The van der Waals surface area contributed by atoms with Crippen LogP contribution in [0.25, 0.3) is 0 Å². The lowest BCUT2D eigenvalue weighted by Gasteiger charge is -2.08. The molecule has 0 spiro atoms. The number of nitrogens with one attached hydrogen (secondary N) is 1. The average Bonchev–Trinajstić information content (AvgIpc) is 2.76. The highest BCUT2D eigenvalue weighted by Crippen LogP contribution is 2.01. The average molecular weight is 458 g/mol. The van der Waals surface area contributed by atoms with E-state index < -0.39 is 0 Å². The van der Waals surface area contributed by atoms with Crippen LogP contribution in [0.15, 0.2) is 0 Å². The molecule has 0 saturated heterocycles. The lowest BCUT2D eigenvalue weighted by atomic mass is 10.2. The molecule has 0 fully saturated rings. The second-order valence-corrected chi connectivity index (χ2v) is 6.87. The Hall–Kier alpha value is -0.0300. The Morgan fingerprint density at radius 1 is 0.433 bits per heavy atom. The molecule has 0 rings (SSSR count). The van der Waals surface area contributed by atoms with Crippen LogP contribution in [0.1, 0.15) is 25.7 Å². The summed E-state index contributed by atoms with van der Waals surface area (Å²) in [4.78, 5) is 0. The van der Waals surface area contributed by atoms with Crippen molar-refractivity contribution in [2.75, 3.05) is 112 Å². The van der Waals surface area contributed by atoms with Gasteiger partial charge in [0.05, 0.1) is 85.9 Å². The van der Waals surface area contributed by atoms with Crippen molar-refractivity contribution >= 4 is 11.6 Å². The van der Waals surface area contributed by atoms with E-state index in [4.69, 9.17) is 44.8 Å². The molecule has 0 atom stereocenters. The van der Waals surface area contributed by atoms with E-state index in [0.29, 0.717) is 85.9 Å². The van der Waals surface area contributed by atoms with Crippen molar-refractivity contribution in [2.45, 2.75) is 25.7 Å². The maximum Gasteiger partial charge on any atom is 0.0701 e. The molecular formula is C21H44ClNO7. The molecule has 30 heavy (non-hydrogen) atoms. The molecule has 0 aliphatic heterocycles. The van der Waals surface area contributed by atoms with Crippen molar-refractivity contribution in [1.29, 1.82) is 0 Å². The predicted octanol–water partition coefficient (Wildman–Crippen LogP) is 2.12. The van der Waals surface area contributed by atoms with E-state index in [0.717, 1.165) is 31.9 Å². The molecule has 0 bridgehead atoms. The van der Waals surface area contributed by atoms with Crippen LogP contribution in [0.5, 0.6) is 0 Å². The summed E-state index contributed by atoms with van der Waals surface area (Å²) in [6.45, 7) is 9.27. The van der Waals surface area contributed by atoms with Gasteiger partial charge in [0, 0.05) is 19.0 Å². The van der Waals surface area contributed by atoms with Gasteiger partial charge in [-0.05, 0) is 19.9 Å². The zero-order chi connectivity index (χ0) is 21.8. The second kappa shape index (κ2) is 29.0. The summed E-state index contributed by atoms with van der Waals surface area (Å²) >= 11 is 5.63. The third kappa shape index (κ3) is 28.0. The summed E-state index contributed by atoms with van der Waals surface area (Å²) < 4.78 is 38.0. The van der Waals surface area contributed by atoms with E-state index in [1.54, 1.807) is 0 Å². The summed E-state index contributed by atoms with van der Waals surface area (Å²) in [5.74, 6) is 0.752. The van der Waals surface area contributed by atoms with Crippen molar-refractivity contribution in [3.05, 3.63) is 0 Å². The molecule has 0 aliphatic carbocycles. The summed E-state index contributed by atoms with van der Waals surface area (Å²) in [7, 11) is 1.90. The maximum absolute atomic E-state index is 5.63. The fourth-order valence-electron chi connectivity index (χ4n) is 2.25. The van der Waals surface area contributed by atoms with Crippen molar-refractivity contribution in [3.8, 4) is 0 Å². The van der Waals surface area contributed by atoms with E-state index in [1.165, 1.54) is 12.8 Å². The SMILES string of the molecule is CNCCOCCOCCOCCOCCOCCOCCOCCCCCCCl. The van der Waals surface area contributed by atoms with Gasteiger partial charge in [0.2, 0.25) is 0 Å². The molecule has 0 heterocycles. The van der Waals surface area contributed by atoms with Crippen LogP contribution in [0.4, 0.5) is 0 Å². The minimum Gasteiger partial charge on any atom is -0.379 e. The van der Waals surface area contributed by atoms with Gasteiger partial charge in [-0.25, -0.2) is 0 Å². The van der Waals surface area contributed by atoms with Crippen LogP contribution in [-0.4, -0.2) is 112 Å². The van der Waals surface area contributed by atoms with Crippen LogP contribution in [0.2, 0.25) is 0 Å². The Balaban J connectivity index is 2.97. The fraction of sp³-hybridized carbons (Fsp3) is 1.00. The lowest BCUT2D eigenvalue weighted by molar-refractivity contribution is -0.0204. The van der Waals surface area contributed by atoms with Gasteiger partial charge < -0.3 is 38.5 Å². The first-order valence-electron chi connectivity index (χ1n) is 11.2. The Bertz CT molecular complexity index is 277. The number of likely N-dealkylation sites (N-methyl/N-ethyl adjacent to an activating group) is 1. The first kappa shape index (κ1) is 30.0. The summed E-state index contributed by atoms with van der Waals surface area (Å²) in [6.07, 6.45) is 4.54. The van der Waals surface area contributed by atoms with Crippen LogP contribution < -0.4 is 5.32 Å². The van der Waals surface area contributed by atoms with E-state index >= 15 is 0 Å². The molecular weight excluding hydrogens is 414 g/mol. The smallest absolute Gasteiger partial charge is 0.0701 e. The van der Waals surface area contributed by atoms with Gasteiger partial charge in [-0.3, -0.25) is 0 Å². The first-order valence-corrected chi connectivity index (χ1v) is 11.7. The molecule has 1 N–H and O–H groups in total. The normalized spacial score (nSPS) is 11.4. The number of hydrogen-bond acceptors (Lipinski definition) is 8. The van der Waals surface area contributed by atoms with Gasteiger partial charge in [-0.1, -0.05) is 12.8 Å². The second-order valence-electron chi connectivity index (χ2n) is 6.49. The van der Waals surface area contributed by atoms with Crippen LogP contribution >= 0.6 is 11.6 Å². The van der Waals surface area contributed by atoms with Crippen molar-refractivity contribution < 1.29 is 33.2 Å². The number of ether oxygens (including phenoxy) is 7. The third-order valence-corrected chi connectivity index (χ3v) is 4.17. The van der Waals surface area contributed by atoms with Gasteiger partial charge >= 0.3 is 0 Å². The molecule has 0 unspecified atom stereocenters. The van der Waals surface area contributed by atoms with Crippen LogP contribution in [0, 0.1) is 0 Å². The highest BCUT2D eigenvalue weighted by molar-refractivity contribution is 6.17. The quantitative estimate of drug-likeness (QED) is 0.148. The monoisotopic (exact) mass is 457 g/mol. The first-order chi connectivity index (χ1) is 14.9. The molecule has 0 aromatic carbocycles. The van der Waals surface area contributed by atoms with Crippen LogP contribution in [0.3, 0.4) is 0 Å². The summed E-state index contributed by atoms with van der Waals surface area (Å²) in [5, 5.41) is 3.02. The summed E-state index contributed by atoms with van der Waals surface area (Å²) in [5.41, 5.74) is 0. The van der Waals surface area contributed by atoms with Gasteiger partial charge in [-0.2, -0.15) is 0 Å². The minimum absolute atomic E-state index is 0.552. The van der Waals surface area contributed by atoms with E-state index in [1.807, 2.05) is 7.05 Å². The zero-order valence-corrected chi connectivity index (χ0v) is 19.6. The Morgan fingerprint density at radius 2 is 0.767 bits per heavy atom. The summed E-state index contributed by atoms with van der Waals surface area (Å²) in [6, 6.07) is 0.